The molecule has 0 aromatic carbocycles. The Bertz CT molecular complexity index is 834. The third kappa shape index (κ3) is 15.6. The van der Waals surface area contributed by atoms with Crippen LogP contribution in [0.15, 0.2) is 11.6 Å². The van der Waals surface area contributed by atoms with Gasteiger partial charge in [0.05, 0.1) is 30.5 Å². The van der Waals surface area contributed by atoms with Gasteiger partial charge in [0, 0.05) is 12.8 Å². The first-order valence-corrected chi connectivity index (χ1v) is 19.9. The summed E-state index contributed by atoms with van der Waals surface area (Å²) in [4.78, 5) is 11.8. The molecule has 1 N–H and O–H groups in total. The molecule has 1 aliphatic carbocycles. The second kappa shape index (κ2) is 23.5. The number of hydrogen-bond acceptors (Lipinski definition) is 4. The zero-order valence-electron chi connectivity index (χ0n) is 29.7. The maximum absolute atomic E-state index is 15.0. The van der Waals surface area contributed by atoms with Gasteiger partial charge in [0.1, 0.15) is 12.3 Å². The summed E-state index contributed by atoms with van der Waals surface area (Å²) in [7, 11) is 0. The molecule has 8 atom stereocenters. The Morgan fingerprint density at radius 1 is 0.696 bits per heavy atom. The van der Waals surface area contributed by atoms with Crippen LogP contribution in [0, 0.1) is 5.92 Å². The van der Waals surface area contributed by atoms with E-state index in [2.05, 4.69) is 6.92 Å². The molecule has 6 heteroatoms. The molecule has 0 aromatic rings. The molecule has 2 heterocycles. The van der Waals surface area contributed by atoms with E-state index < -0.39 is 18.4 Å². The number of allylic oxidation sites excluding steroid dienone is 2. The Labute approximate surface area is 281 Å². The van der Waals surface area contributed by atoms with E-state index in [1.165, 1.54) is 70.6 Å². The maximum atomic E-state index is 15.0. The van der Waals surface area contributed by atoms with Crippen molar-refractivity contribution < 1.29 is 28.2 Å². The number of aliphatic hydroxyl groups is 1. The van der Waals surface area contributed by atoms with Crippen LogP contribution in [0.1, 0.15) is 187 Å². The number of unbranched alkanes of at least 4 members (excludes halogenated alkanes) is 16. The standard InChI is InChI=1S/C40H70F2O4/c1-3-4-5-6-7-8-9-10-11-12-17-20-23-35(43)38-25-27-40(46-38)39-26-24-37(45-39)34(42)22-19-16-14-13-15-18-21-33(41)30-32-28-31(2)29-36(32)44/h28,31,33-35,37-40,43H,3-27,29-30H2,1-2H3/t31-,33+,34+,35+,37+,38+,39+,40+/m0/s1/i41-1,42-1. The number of carbonyl (C=O) groups excluding carboxylic acids is 1. The zero-order valence-corrected chi connectivity index (χ0v) is 29.7. The van der Waals surface area contributed by atoms with Crippen molar-refractivity contribution in [2.75, 3.05) is 0 Å². The van der Waals surface area contributed by atoms with Crippen LogP contribution in [0.2, 0.25) is 0 Å². The molecule has 0 aromatic heterocycles. The lowest BCUT2D eigenvalue weighted by atomic mass is 10.00. The summed E-state index contributed by atoms with van der Waals surface area (Å²) in [6.45, 7) is 4.28. The molecular weight excluding hydrogens is 580 g/mol. The number of ether oxygens (including phenoxy) is 2. The van der Waals surface area contributed by atoms with E-state index in [1.54, 1.807) is 0 Å². The van der Waals surface area contributed by atoms with E-state index in [0.29, 0.717) is 24.8 Å². The van der Waals surface area contributed by atoms with Crippen LogP contribution in [-0.2, 0) is 14.3 Å². The average molecular weight is 651 g/mol. The molecule has 268 valence electrons. The molecule has 3 aliphatic rings. The monoisotopic (exact) mass is 651 g/mol. The van der Waals surface area contributed by atoms with Gasteiger partial charge in [-0.1, -0.05) is 135 Å². The lowest BCUT2D eigenvalue weighted by molar-refractivity contribution is -0.115. The van der Waals surface area contributed by atoms with Crippen LogP contribution in [0.3, 0.4) is 0 Å². The lowest BCUT2D eigenvalue weighted by Gasteiger charge is -2.23. The number of ketones is 1. The van der Waals surface area contributed by atoms with Crippen molar-refractivity contribution >= 4 is 5.78 Å². The van der Waals surface area contributed by atoms with Crippen LogP contribution in [0.25, 0.3) is 0 Å². The van der Waals surface area contributed by atoms with Gasteiger partial charge in [-0.2, -0.15) is 0 Å². The molecule has 3 rings (SSSR count). The third-order valence-corrected chi connectivity index (χ3v) is 10.8. The van der Waals surface area contributed by atoms with Gasteiger partial charge in [-0.25, -0.2) is 8.78 Å². The van der Waals surface area contributed by atoms with Crippen molar-refractivity contribution in [3.63, 3.8) is 0 Å². The van der Waals surface area contributed by atoms with Crippen LogP contribution >= 0.6 is 0 Å². The van der Waals surface area contributed by atoms with Crippen LogP contribution in [0.4, 0.5) is 8.78 Å². The normalized spacial score (nSPS) is 26.9. The lowest BCUT2D eigenvalue weighted by Crippen LogP contribution is -2.32. The molecule has 2 aliphatic heterocycles. The Hall–Kier alpha value is -0.850. The smallest absolute Gasteiger partial charge is 0.159 e. The van der Waals surface area contributed by atoms with Gasteiger partial charge < -0.3 is 14.6 Å². The average Bonchev–Trinajstić information content (AvgIpc) is 3.79. The van der Waals surface area contributed by atoms with Crippen LogP contribution in [-0.4, -0.2) is 53.8 Å². The van der Waals surface area contributed by atoms with Crippen LogP contribution in [0.5, 0.6) is 0 Å². The minimum Gasteiger partial charge on any atom is -0.390 e. The Balaban J connectivity index is 1.13. The number of alkyl halides is 2. The van der Waals surface area contributed by atoms with Gasteiger partial charge >= 0.3 is 0 Å². The van der Waals surface area contributed by atoms with Gasteiger partial charge in [0.15, 0.2) is 5.78 Å². The topological polar surface area (TPSA) is 55.8 Å². The molecule has 0 bridgehead atoms. The number of hydrogen-bond donors (Lipinski definition) is 1. The molecule has 0 spiro atoms. The van der Waals surface area contributed by atoms with Crippen molar-refractivity contribution in [2.45, 2.75) is 230 Å². The van der Waals surface area contributed by atoms with Gasteiger partial charge in [0.25, 0.3) is 0 Å². The highest BCUT2D eigenvalue weighted by atomic mass is 18.2. The summed E-state index contributed by atoms with van der Waals surface area (Å²) in [5, 5.41) is 10.7. The van der Waals surface area contributed by atoms with Gasteiger partial charge in [-0.3, -0.25) is 4.79 Å². The van der Waals surface area contributed by atoms with Crippen molar-refractivity contribution in [2.24, 2.45) is 5.92 Å². The maximum Gasteiger partial charge on any atom is 0.159 e. The van der Waals surface area contributed by atoms with Gasteiger partial charge in [-0.15, -0.1) is 0 Å². The summed E-state index contributed by atoms with van der Waals surface area (Å²) >= 11 is 0. The van der Waals surface area contributed by atoms with Crippen molar-refractivity contribution in [3.05, 3.63) is 11.6 Å². The molecule has 46 heavy (non-hydrogen) atoms. The minimum absolute atomic E-state index is 0.0123. The summed E-state index contributed by atoms with van der Waals surface area (Å²) < 4.78 is 41.7. The number of carbonyl (C=O) groups is 1. The first-order chi connectivity index (χ1) is 22.4. The minimum atomic E-state index is -0.929. The molecule has 0 saturated carbocycles. The molecule has 0 unspecified atom stereocenters. The summed E-state index contributed by atoms with van der Waals surface area (Å²) in [6.07, 6.45) is 26.9. The first-order valence-electron chi connectivity index (χ1n) is 19.9. The highest BCUT2D eigenvalue weighted by Gasteiger charge is 2.41. The Morgan fingerprint density at radius 2 is 1.17 bits per heavy atom. The fourth-order valence-electron chi connectivity index (χ4n) is 7.89. The molecular formula is C40H70F2O4. The predicted octanol–water partition coefficient (Wildman–Crippen LogP) is 11.3. The number of Topliss-reactive ketones (excluding diaryl/α,β-unsaturated/α-hetero) is 1. The SMILES string of the molecule is CCCCCCCCCCCCCC[C@@H](O)[C@H]1CC[C@H]([C@H]2CC[C@H]([C@H]([18F])CCCCCCCC[C@@H]([18F])CC3=C[C@H](C)CC3=O)O2)O1. The van der Waals surface area contributed by atoms with Gasteiger partial charge in [0.2, 0.25) is 0 Å². The molecule has 4 nitrogen and oxygen atoms in total. The van der Waals surface area contributed by atoms with E-state index >= 15 is 0 Å². The van der Waals surface area contributed by atoms with Crippen molar-refractivity contribution in [3.8, 4) is 0 Å². The molecule has 0 amide bonds. The highest BCUT2D eigenvalue weighted by molar-refractivity contribution is 5.97. The van der Waals surface area contributed by atoms with Crippen LogP contribution < -0.4 is 0 Å². The van der Waals surface area contributed by atoms with Crippen molar-refractivity contribution in [1.82, 2.24) is 0 Å². The predicted molar refractivity (Wildman–Crippen MR) is 186 cm³/mol. The Kier molecular flexibility index (Phi) is 20.2. The quantitative estimate of drug-likeness (QED) is 0.0899. The van der Waals surface area contributed by atoms with Gasteiger partial charge in [-0.05, 0) is 56.4 Å². The zero-order chi connectivity index (χ0) is 33.0. The summed E-state index contributed by atoms with van der Waals surface area (Å²) in [5.74, 6) is 0.378. The molecule has 0 radical (unpaired) electrons. The second-order valence-electron chi connectivity index (χ2n) is 15.1. The highest BCUT2D eigenvalue weighted by Crippen LogP contribution is 2.35. The number of aliphatic hydroxyl groups excluding tert-OH is 1. The summed E-state index contributed by atoms with van der Waals surface area (Å²) in [5.41, 5.74) is 0.692. The van der Waals surface area contributed by atoms with E-state index in [4.69, 9.17) is 9.47 Å². The first kappa shape index (κ1) is 39.6. The summed E-state index contributed by atoms with van der Waals surface area (Å²) in [6, 6.07) is 0. The van der Waals surface area contributed by atoms with Crippen molar-refractivity contribution in [1.29, 1.82) is 0 Å². The Morgan fingerprint density at radius 3 is 1.72 bits per heavy atom. The third-order valence-electron chi connectivity index (χ3n) is 10.8. The second-order valence-corrected chi connectivity index (χ2v) is 15.1. The fourth-order valence-corrected chi connectivity index (χ4v) is 7.89. The number of halogens is 2. The largest absolute Gasteiger partial charge is 0.390 e. The fraction of sp³-hybridized carbons (Fsp3) is 0.925. The van der Waals surface area contributed by atoms with E-state index in [-0.39, 0.29) is 42.5 Å². The van der Waals surface area contributed by atoms with E-state index in [0.717, 1.165) is 77.0 Å². The number of rotatable bonds is 27. The molecule has 2 saturated heterocycles. The van der Waals surface area contributed by atoms with E-state index in [1.807, 2.05) is 13.0 Å². The van der Waals surface area contributed by atoms with E-state index in [9.17, 15) is 18.7 Å². The molecule has 2 fully saturated rings.